The molecule has 2 amide bonds. The van der Waals surface area contributed by atoms with Crippen LogP contribution < -0.4 is 10.6 Å². The van der Waals surface area contributed by atoms with Gasteiger partial charge in [-0.15, -0.1) is 0 Å². The molecule has 0 saturated carbocycles. The number of rotatable bonds is 5. The minimum atomic E-state index is -3.25. The summed E-state index contributed by atoms with van der Waals surface area (Å²) in [6.45, 7) is 1.11. The number of aromatic amines is 1. The molecule has 0 bridgehead atoms. The largest absolute Gasteiger partial charge is 0.374 e. The minimum absolute atomic E-state index is 0.226. The molecule has 2 heterocycles. The van der Waals surface area contributed by atoms with Gasteiger partial charge in [-0.05, 0) is 23.8 Å². The molecule has 1 fully saturated rings. The fourth-order valence-corrected chi connectivity index (χ4v) is 3.49. The molecular formula is C16H21N5O4S. The van der Waals surface area contributed by atoms with Crippen molar-refractivity contribution in [2.45, 2.75) is 6.10 Å². The van der Waals surface area contributed by atoms with Crippen molar-refractivity contribution in [1.82, 2.24) is 19.8 Å². The number of ether oxygens (including phenoxy) is 1. The molecule has 1 aliphatic rings. The summed E-state index contributed by atoms with van der Waals surface area (Å²) >= 11 is 0. The van der Waals surface area contributed by atoms with E-state index in [4.69, 9.17) is 4.74 Å². The van der Waals surface area contributed by atoms with Crippen LogP contribution in [0.5, 0.6) is 0 Å². The van der Waals surface area contributed by atoms with E-state index in [1.54, 1.807) is 18.3 Å². The van der Waals surface area contributed by atoms with E-state index in [1.165, 1.54) is 10.6 Å². The Morgan fingerprint density at radius 1 is 1.35 bits per heavy atom. The quantitative estimate of drug-likeness (QED) is 0.712. The molecule has 0 spiro atoms. The Morgan fingerprint density at radius 2 is 2.12 bits per heavy atom. The highest BCUT2D eigenvalue weighted by molar-refractivity contribution is 7.88. The number of amides is 2. The number of urea groups is 1. The predicted molar refractivity (Wildman–Crippen MR) is 97.2 cm³/mol. The Kier molecular flexibility index (Phi) is 5.55. The molecule has 26 heavy (non-hydrogen) atoms. The van der Waals surface area contributed by atoms with Crippen molar-refractivity contribution >= 4 is 21.7 Å². The number of carbonyl (C=O) groups is 1. The number of morpholine rings is 1. The average molecular weight is 379 g/mol. The summed E-state index contributed by atoms with van der Waals surface area (Å²) in [7, 11) is -3.25. The van der Waals surface area contributed by atoms with Crippen LogP contribution in [0.25, 0.3) is 11.3 Å². The molecule has 1 unspecified atom stereocenters. The van der Waals surface area contributed by atoms with Crippen molar-refractivity contribution in [3.63, 3.8) is 0 Å². The van der Waals surface area contributed by atoms with Gasteiger partial charge in [-0.25, -0.2) is 13.2 Å². The third kappa shape index (κ3) is 4.81. The normalized spacial score (nSPS) is 18.4. The lowest BCUT2D eigenvalue weighted by Crippen LogP contribution is -2.49. The SMILES string of the molecule is CS(=O)(=O)N1CCOC(CNC(=O)Nc2ccc(-c3ccn[nH]3)cc2)C1. The molecule has 10 heteroatoms. The van der Waals surface area contributed by atoms with Gasteiger partial charge in [-0.2, -0.15) is 9.40 Å². The predicted octanol–water partition coefficient (Wildman–Crippen LogP) is 0.859. The van der Waals surface area contributed by atoms with Gasteiger partial charge in [0.05, 0.1) is 24.7 Å². The van der Waals surface area contributed by atoms with Gasteiger partial charge in [0.15, 0.2) is 0 Å². The number of hydrogen-bond donors (Lipinski definition) is 3. The van der Waals surface area contributed by atoms with Gasteiger partial charge in [0.1, 0.15) is 0 Å². The lowest BCUT2D eigenvalue weighted by atomic mass is 10.1. The Labute approximate surface area is 151 Å². The molecule has 1 saturated heterocycles. The molecule has 1 aliphatic heterocycles. The molecular weight excluding hydrogens is 358 g/mol. The second kappa shape index (κ2) is 7.85. The van der Waals surface area contributed by atoms with Crippen molar-refractivity contribution in [2.24, 2.45) is 0 Å². The summed E-state index contributed by atoms with van der Waals surface area (Å²) in [5.74, 6) is 0. The van der Waals surface area contributed by atoms with Crippen LogP contribution in [0.2, 0.25) is 0 Å². The van der Waals surface area contributed by atoms with E-state index in [2.05, 4.69) is 20.8 Å². The second-order valence-electron chi connectivity index (χ2n) is 6.00. The summed E-state index contributed by atoms with van der Waals surface area (Å²) in [5.41, 5.74) is 2.50. The Morgan fingerprint density at radius 3 is 2.77 bits per heavy atom. The number of nitrogens with zero attached hydrogens (tertiary/aromatic N) is 2. The van der Waals surface area contributed by atoms with Crippen molar-refractivity contribution in [3.8, 4) is 11.3 Å². The molecule has 140 valence electrons. The standard InChI is InChI=1S/C16H21N5O4S/c1-26(23,24)21-8-9-25-14(11-21)10-17-16(22)19-13-4-2-12(3-5-13)15-6-7-18-20-15/h2-7,14H,8-11H2,1H3,(H,18,20)(H2,17,19,22). The summed E-state index contributed by atoms with van der Waals surface area (Å²) < 4.78 is 30.0. The van der Waals surface area contributed by atoms with Gasteiger partial charge in [0, 0.05) is 31.5 Å². The third-order valence-corrected chi connectivity index (χ3v) is 5.29. The highest BCUT2D eigenvalue weighted by atomic mass is 32.2. The smallest absolute Gasteiger partial charge is 0.319 e. The molecule has 0 aliphatic carbocycles. The minimum Gasteiger partial charge on any atom is -0.374 e. The third-order valence-electron chi connectivity index (χ3n) is 4.02. The van der Waals surface area contributed by atoms with Crippen LogP contribution in [-0.2, 0) is 14.8 Å². The van der Waals surface area contributed by atoms with Gasteiger partial charge in [-0.3, -0.25) is 5.10 Å². The van der Waals surface area contributed by atoms with E-state index in [0.717, 1.165) is 11.3 Å². The van der Waals surface area contributed by atoms with Gasteiger partial charge < -0.3 is 15.4 Å². The van der Waals surface area contributed by atoms with E-state index in [-0.39, 0.29) is 25.2 Å². The van der Waals surface area contributed by atoms with Crippen LogP contribution in [0.4, 0.5) is 10.5 Å². The van der Waals surface area contributed by atoms with Gasteiger partial charge >= 0.3 is 6.03 Å². The lowest BCUT2D eigenvalue weighted by molar-refractivity contribution is 0.00167. The number of H-pyrrole nitrogens is 1. The van der Waals surface area contributed by atoms with Crippen LogP contribution in [0.3, 0.4) is 0 Å². The van der Waals surface area contributed by atoms with Crippen LogP contribution in [0, 0.1) is 0 Å². The number of benzene rings is 1. The van der Waals surface area contributed by atoms with Gasteiger partial charge in [0.25, 0.3) is 0 Å². The Balaban J connectivity index is 1.48. The maximum Gasteiger partial charge on any atom is 0.319 e. The van der Waals surface area contributed by atoms with Gasteiger partial charge in [-0.1, -0.05) is 12.1 Å². The van der Waals surface area contributed by atoms with Crippen molar-refractivity contribution < 1.29 is 17.9 Å². The highest BCUT2D eigenvalue weighted by Gasteiger charge is 2.26. The molecule has 1 aromatic carbocycles. The van der Waals surface area contributed by atoms with E-state index >= 15 is 0 Å². The first kappa shape index (κ1) is 18.4. The van der Waals surface area contributed by atoms with E-state index in [9.17, 15) is 13.2 Å². The number of sulfonamides is 1. The molecule has 3 N–H and O–H groups in total. The van der Waals surface area contributed by atoms with Crippen LogP contribution in [-0.4, -0.2) is 67.6 Å². The van der Waals surface area contributed by atoms with Crippen LogP contribution in [0.1, 0.15) is 0 Å². The maximum absolute atomic E-state index is 12.0. The fourth-order valence-electron chi connectivity index (χ4n) is 2.65. The second-order valence-corrected chi connectivity index (χ2v) is 7.98. The summed E-state index contributed by atoms with van der Waals surface area (Å²) in [5, 5.41) is 12.2. The Hall–Kier alpha value is -2.43. The Bertz CT molecular complexity index is 836. The first-order chi connectivity index (χ1) is 12.4. The zero-order chi connectivity index (χ0) is 18.6. The number of nitrogens with one attached hydrogen (secondary N) is 3. The monoisotopic (exact) mass is 379 g/mol. The van der Waals surface area contributed by atoms with Crippen LogP contribution >= 0.6 is 0 Å². The molecule has 2 aromatic rings. The maximum atomic E-state index is 12.0. The molecule has 0 radical (unpaired) electrons. The molecule has 9 nitrogen and oxygen atoms in total. The summed E-state index contributed by atoms with van der Waals surface area (Å²) in [6.07, 6.45) is 2.47. The zero-order valence-corrected chi connectivity index (χ0v) is 15.1. The topological polar surface area (TPSA) is 116 Å². The average Bonchev–Trinajstić information content (AvgIpc) is 3.15. The first-order valence-corrected chi connectivity index (χ1v) is 9.98. The van der Waals surface area contributed by atoms with E-state index < -0.39 is 10.0 Å². The summed E-state index contributed by atoms with van der Waals surface area (Å²) in [6, 6.07) is 8.81. The van der Waals surface area contributed by atoms with E-state index in [0.29, 0.717) is 18.8 Å². The summed E-state index contributed by atoms with van der Waals surface area (Å²) in [4.78, 5) is 12.0. The van der Waals surface area contributed by atoms with Crippen LogP contribution in [0.15, 0.2) is 36.5 Å². The van der Waals surface area contributed by atoms with Crippen molar-refractivity contribution in [3.05, 3.63) is 36.5 Å². The first-order valence-electron chi connectivity index (χ1n) is 8.13. The van der Waals surface area contributed by atoms with Crippen molar-refractivity contribution in [2.75, 3.05) is 37.8 Å². The van der Waals surface area contributed by atoms with E-state index in [1.807, 2.05) is 18.2 Å². The number of hydrogen-bond acceptors (Lipinski definition) is 5. The highest BCUT2D eigenvalue weighted by Crippen LogP contribution is 2.18. The fraction of sp³-hybridized carbons (Fsp3) is 0.375. The number of anilines is 1. The molecule has 1 atom stereocenters. The number of carbonyl (C=O) groups excluding carboxylic acids is 1. The van der Waals surface area contributed by atoms with Gasteiger partial charge in [0.2, 0.25) is 10.0 Å². The number of aromatic nitrogens is 2. The lowest BCUT2D eigenvalue weighted by Gasteiger charge is -2.31. The van der Waals surface area contributed by atoms with Crippen molar-refractivity contribution in [1.29, 1.82) is 0 Å². The zero-order valence-electron chi connectivity index (χ0n) is 14.3. The molecule has 1 aromatic heterocycles. The molecule has 3 rings (SSSR count).